The summed E-state index contributed by atoms with van der Waals surface area (Å²) in [5.74, 6) is -1.23. The summed E-state index contributed by atoms with van der Waals surface area (Å²) in [6, 6.07) is 2.25. The van der Waals surface area contributed by atoms with Gasteiger partial charge in [-0.05, 0) is 12.1 Å². The fraction of sp³-hybridized carbons (Fsp3) is 0.417. The lowest BCUT2D eigenvalue weighted by Gasteiger charge is -2.31. The van der Waals surface area contributed by atoms with E-state index in [1.807, 2.05) is 0 Å². The van der Waals surface area contributed by atoms with Gasteiger partial charge in [0.1, 0.15) is 0 Å². The minimum Gasteiger partial charge on any atom is -0.478 e. The highest BCUT2D eigenvalue weighted by Gasteiger charge is 2.23. The molecule has 1 aliphatic heterocycles. The van der Waals surface area contributed by atoms with Gasteiger partial charge in [0, 0.05) is 30.0 Å². The summed E-state index contributed by atoms with van der Waals surface area (Å²) in [5.41, 5.74) is 5.15. The summed E-state index contributed by atoms with van der Waals surface area (Å²) >= 11 is 0. The first-order valence-electron chi connectivity index (χ1n) is 5.78. The summed E-state index contributed by atoms with van der Waals surface area (Å²) in [6.45, 7) is 1.75. The lowest BCUT2D eigenvalue weighted by atomic mass is 10.1. The quantitative estimate of drug-likeness (QED) is 0.820. The maximum Gasteiger partial charge on any atom is 0.337 e. The van der Waals surface area contributed by atoms with Gasteiger partial charge in [-0.2, -0.15) is 0 Å². The molecule has 1 fully saturated rings. The van der Waals surface area contributed by atoms with Gasteiger partial charge < -0.3 is 20.5 Å². The summed E-state index contributed by atoms with van der Waals surface area (Å²) in [4.78, 5) is 12.7. The highest BCUT2D eigenvalue weighted by Crippen LogP contribution is 2.34. The fourth-order valence-corrected chi connectivity index (χ4v) is 2.06. The molecule has 7 heteroatoms. The van der Waals surface area contributed by atoms with E-state index < -0.39 is 12.4 Å². The maximum atomic E-state index is 13.0. The van der Waals surface area contributed by atoms with E-state index in [4.69, 9.17) is 15.6 Å². The minimum absolute atomic E-state index is 0.153. The van der Waals surface area contributed by atoms with Gasteiger partial charge in [0.25, 0.3) is 6.43 Å². The largest absolute Gasteiger partial charge is 0.478 e. The molecular formula is C12H14F2N2O3. The number of hydrogen-bond donors (Lipinski definition) is 2. The molecule has 0 radical (unpaired) electrons. The minimum atomic E-state index is -2.71. The van der Waals surface area contributed by atoms with Crippen molar-refractivity contribution in [2.75, 3.05) is 36.9 Å². The molecule has 19 heavy (non-hydrogen) atoms. The number of anilines is 2. The molecule has 0 spiro atoms. The average Bonchev–Trinajstić information content (AvgIpc) is 2.38. The van der Waals surface area contributed by atoms with Gasteiger partial charge >= 0.3 is 5.97 Å². The van der Waals surface area contributed by atoms with Crippen LogP contribution in [0.1, 0.15) is 22.3 Å². The van der Waals surface area contributed by atoms with E-state index in [9.17, 15) is 13.6 Å². The van der Waals surface area contributed by atoms with E-state index in [1.54, 1.807) is 4.90 Å². The SMILES string of the molecule is Nc1cc(C(F)F)c(N2CCOCC2)cc1C(=O)O. The number of rotatable bonds is 3. The number of morpholine rings is 1. The van der Waals surface area contributed by atoms with Gasteiger partial charge in [-0.1, -0.05) is 0 Å². The van der Waals surface area contributed by atoms with Gasteiger partial charge in [-0.15, -0.1) is 0 Å². The molecule has 0 aliphatic carbocycles. The zero-order valence-electron chi connectivity index (χ0n) is 10.1. The van der Waals surface area contributed by atoms with Crippen LogP contribution >= 0.6 is 0 Å². The van der Waals surface area contributed by atoms with Gasteiger partial charge in [0.2, 0.25) is 0 Å². The van der Waals surface area contributed by atoms with Crippen LogP contribution in [0.5, 0.6) is 0 Å². The first-order chi connectivity index (χ1) is 9.00. The molecule has 3 N–H and O–H groups in total. The van der Waals surface area contributed by atoms with Crippen molar-refractivity contribution in [1.82, 2.24) is 0 Å². The van der Waals surface area contributed by atoms with Crippen LogP contribution in [0.4, 0.5) is 20.2 Å². The molecule has 0 bridgehead atoms. The van der Waals surface area contributed by atoms with Crippen LogP contribution in [0.2, 0.25) is 0 Å². The first-order valence-corrected chi connectivity index (χ1v) is 5.78. The molecule has 0 saturated carbocycles. The van der Waals surface area contributed by atoms with Crippen LogP contribution in [0, 0.1) is 0 Å². The van der Waals surface area contributed by atoms with Gasteiger partial charge in [0.05, 0.1) is 18.8 Å². The Kier molecular flexibility index (Phi) is 3.84. The Morgan fingerprint density at radius 3 is 2.53 bits per heavy atom. The normalized spacial score (nSPS) is 15.8. The first kappa shape index (κ1) is 13.5. The molecule has 1 aromatic carbocycles. The van der Waals surface area contributed by atoms with Gasteiger partial charge in [0.15, 0.2) is 0 Å². The zero-order valence-corrected chi connectivity index (χ0v) is 10.1. The molecule has 0 unspecified atom stereocenters. The lowest BCUT2D eigenvalue weighted by Crippen LogP contribution is -2.37. The summed E-state index contributed by atoms with van der Waals surface area (Å²) < 4.78 is 31.2. The monoisotopic (exact) mass is 272 g/mol. The number of carboxylic acid groups (broad SMARTS) is 1. The van der Waals surface area contributed by atoms with E-state index in [0.717, 1.165) is 6.07 Å². The molecule has 104 valence electrons. The highest BCUT2D eigenvalue weighted by molar-refractivity contribution is 5.95. The highest BCUT2D eigenvalue weighted by atomic mass is 19.3. The molecule has 1 saturated heterocycles. The van der Waals surface area contributed by atoms with Crippen molar-refractivity contribution >= 4 is 17.3 Å². The van der Waals surface area contributed by atoms with E-state index in [-0.39, 0.29) is 22.5 Å². The predicted molar refractivity (Wildman–Crippen MR) is 65.8 cm³/mol. The third-order valence-corrected chi connectivity index (χ3v) is 3.02. The number of carboxylic acids is 1. The van der Waals surface area contributed by atoms with E-state index in [0.29, 0.717) is 26.3 Å². The number of nitrogens with two attached hydrogens (primary N) is 1. The van der Waals surface area contributed by atoms with Crippen LogP contribution < -0.4 is 10.6 Å². The molecule has 1 aromatic rings. The van der Waals surface area contributed by atoms with Crippen molar-refractivity contribution in [3.63, 3.8) is 0 Å². The van der Waals surface area contributed by atoms with Crippen molar-refractivity contribution in [3.05, 3.63) is 23.3 Å². The Morgan fingerprint density at radius 2 is 2.00 bits per heavy atom. The number of halogens is 2. The second-order valence-corrected chi connectivity index (χ2v) is 4.20. The standard InChI is InChI=1S/C12H14F2N2O3/c13-11(14)8-5-9(15)7(12(17)18)6-10(8)16-1-3-19-4-2-16/h5-6,11H,1-4,15H2,(H,17,18). The van der Waals surface area contributed by atoms with E-state index in [2.05, 4.69) is 0 Å². The molecule has 1 heterocycles. The number of nitrogen functional groups attached to an aromatic ring is 1. The Morgan fingerprint density at radius 1 is 1.37 bits per heavy atom. The van der Waals surface area contributed by atoms with E-state index in [1.165, 1.54) is 6.07 Å². The number of hydrogen-bond acceptors (Lipinski definition) is 4. The van der Waals surface area contributed by atoms with E-state index >= 15 is 0 Å². The Bertz CT molecular complexity index is 488. The third kappa shape index (κ3) is 2.76. The number of alkyl halides is 2. The molecule has 0 atom stereocenters. The molecule has 0 aromatic heterocycles. The molecule has 5 nitrogen and oxygen atoms in total. The number of ether oxygens (including phenoxy) is 1. The number of nitrogens with zero attached hydrogens (tertiary/aromatic N) is 1. The number of carbonyl (C=O) groups is 1. The lowest BCUT2D eigenvalue weighted by molar-refractivity contribution is 0.0697. The summed E-state index contributed by atoms with van der Waals surface area (Å²) in [6.07, 6.45) is -2.71. The van der Waals surface area contributed by atoms with Crippen LogP contribution in [0.3, 0.4) is 0 Å². The predicted octanol–water partition coefficient (Wildman–Crippen LogP) is 1.74. The van der Waals surface area contributed by atoms with Crippen molar-refractivity contribution in [2.45, 2.75) is 6.43 Å². The van der Waals surface area contributed by atoms with Crippen LogP contribution in [0.25, 0.3) is 0 Å². The Labute approximate surface area is 108 Å². The zero-order chi connectivity index (χ0) is 14.0. The molecule has 0 amide bonds. The Balaban J connectivity index is 2.48. The summed E-state index contributed by atoms with van der Waals surface area (Å²) in [7, 11) is 0. The van der Waals surface area contributed by atoms with Gasteiger partial charge in [-0.3, -0.25) is 0 Å². The smallest absolute Gasteiger partial charge is 0.337 e. The summed E-state index contributed by atoms with van der Waals surface area (Å²) in [5, 5.41) is 9.01. The van der Waals surface area contributed by atoms with Crippen LogP contribution in [0.15, 0.2) is 12.1 Å². The number of aromatic carboxylic acids is 1. The second kappa shape index (κ2) is 5.40. The molecular weight excluding hydrogens is 258 g/mol. The fourth-order valence-electron chi connectivity index (χ4n) is 2.06. The third-order valence-electron chi connectivity index (χ3n) is 3.02. The van der Waals surface area contributed by atoms with Crippen molar-refractivity contribution in [2.24, 2.45) is 0 Å². The maximum absolute atomic E-state index is 13.0. The molecule has 1 aliphatic rings. The van der Waals surface area contributed by atoms with Crippen molar-refractivity contribution in [3.8, 4) is 0 Å². The van der Waals surface area contributed by atoms with Crippen LogP contribution in [-0.4, -0.2) is 37.4 Å². The topological polar surface area (TPSA) is 75.8 Å². The average molecular weight is 272 g/mol. The van der Waals surface area contributed by atoms with Crippen molar-refractivity contribution < 1.29 is 23.4 Å². The van der Waals surface area contributed by atoms with Crippen molar-refractivity contribution in [1.29, 1.82) is 0 Å². The Hall–Kier alpha value is -1.89. The number of benzene rings is 1. The molecule has 2 rings (SSSR count). The van der Waals surface area contributed by atoms with Gasteiger partial charge in [-0.25, -0.2) is 13.6 Å². The second-order valence-electron chi connectivity index (χ2n) is 4.20. The van der Waals surface area contributed by atoms with Crippen LogP contribution in [-0.2, 0) is 4.74 Å².